The van der Waals surface area contributed by atoms with E-state index in [-0.39, 0.29) is 0 Å². The maximum atomic E-state index is 3.53. The van der Waals surface area contributed by atoms with E-state index in [2.05, 4.69) is 184 Å². The fraction of sp³-hybridized carbons (Fsp3) is 0.0667. The Morgan fingerprint density at radius 3 is 1.52 bits per heavy atom. The first kappa shape index (κ1) is 31.4. The quantitative estimate of drug-likeness (QED) is 0.164. The summed E-state index contributed by atoms with van der Waals surface area (Å²) in [6.45, 7) is 4.28. The summed E-state index contributed by atoms with van der Waals surface area (Å²) in [5, 5.41) is 5.46. The van der Waals surface area contributed by atoms with E-state index in [4.69, 9.17) is 0 Å². The van der Waals surface area contributed by atoms with Gasteiger partial charge in [0, 0.05) is 0 Å². The van der Waals surface area contributed by atoms with Crippen LogP contribution < -0.4 is 0 Å². The molecule has 0 saturated heterocycles. The molecule has 0 heterocycles. The van der Waals surface area contributed by atoms with Gasteiger partial charge in [-0.3, -0.25) is 0 Å². The second-order valence-corrected chi connectivity index (χ2v) is 12.8. The number of hydrogen-bond acceptors (Lipinski definition) is 0. The summed E-state index contributed by atoms with van der Waals surface area (Å²) >= 11 is 1.46. The van der Waals surface area contributed by atoms with Crippen LogP contribution in [0, 0.1) is 19.9 Å². The first-order valence-corrected chi connectivity index (χ1v) is 17.0. The van der Waals surface area contributed by atoms with Gasteiger partial charge in [0.2, 0.25) is 0 Å². The van der Waals surface area contributed by atoms with Crippen LogP contribution in [0.1, 0.15) is 39.3 Å². The summed E-state index contributed by atoms with van der Waals surface area (Å²) < 4.78 is 1.42. The molecule has 0 saturated carbocycles. The molecule has 0 N–H and O–H groups in total. The molecule has 0 bridgehead atoms. The second kappa shape index (κ2) is 15.1. The van der Waals surface area contributed by atoms with Crippen molar-refractivity contribution < 1.29 is 24.2 Å². The van der Waals surface area contributed by atoms with Gasteiger partial charge in [0.15, 0.2) is 0 Å². The Bertz CT molecular complexity index is 2000. The minimum absolute atomic E-state index is 0.298. The van der Waals surface area contributed by atoms with E-state index in [1.165, 1.54) is 87.9 Å². The van der Waals surface area contributed by atoms with Crippen LogP contribution in [0.15, 0.2) is 176 Å². The van der Waals surface area contributed by atoms with Crippen molar-refractivity contribution in [1.82, 2.24) is 0 Å². The molecule has 0 nitrogen and oxygen atoms in total. The predicted molar refractivity (Wildman–Crippen MR) is 194 cm³/mol. The van der Waals surface area contributed by atoms with Crippen molar-refractivity contribution in [1.29, 1.82) is 0 Å². The Labute approximate surface area is 288 Å². The van der Waals surface area contributed by atoms with E-state index in [1.54, 1.807) is 0 Å². The third-order valence-electron chi connectivity index (χ3n) is 8.15. The van der Waals surface area contributed by atoms with Crippen LogP contribution in [0.4, 0.5) is 0 Å². The van der Waals surface area contributed by atoms with Crippen molar-refractivity contribution in [3.05, 3.63) is 215 Å². The van der Waals surface area contributed by atoms with Crippen molar-refractivity contribution >= 4 is 30.3 Å². The molecular weight excluding hydrogens is 632 g/mol. The zero-order valence-corrected chi connectivity index (χ0v) is 28.8. The van der Waals surface area contributed by atoms with Gasteiger partial charge in [-0.2, -0.15) is 17.7 Å². The number of fused-ring (bicyclic) bond motifs is 3. The molecule has 1 unspecified atom stereocenters. The summed E-state index contributed by atoms with van der Waals surface area (Å²) in [6.07, 6.45) is 7.89. The van der Waals surface area contributed by atoms with Crippen LogP contribution in [-0.2, 0) is 24.2 Å². The predicted octanol–water partition coefficient (Wildman–Crippen LogP) is 11.4. The molecule has 1 heteroatoms. The zero-order chi connectivity index (χ0) is 31.7. The topological polar surface area (TPSA) is 0 Å². The van der Waals surface area contributed by atoms with Crippen molar-refractivity contribution in [2.45, 2.75) is 19.8 Å². The van der Waals surface area contributed by atoms with E-state index in [1.807, 2.05) is 12.1 Å². The van der Waals surface area contributed by atoms with Gasteiger partial charge >= 0.3 is 99.2 Å². The van der Waals surface area contributed by atoms with E-state index >= 15 is 0 Å². The molecule has 1 aliphatic rings. The molecule has 0 radical (unpaired) electrons. The minimum atomic E-state index is 0.298. The fourth-order valence-electron chi connectivity index (χ4n) is 5.75. The Balaban J connectivity index is 0.000000122. The monoisotopic (exact) mass is 666 g/mol. The molecule has 0 fully saturated rings. The zero-order valence-electron chi connectivity index (χ0n) is 26.3. The molecule has 0 aromatic heterocycles. The van der Waals surface area contributed by atoms with Crippen molar-refractivity contribution in [2.24, 2.45) is 0 Å². The van der Waals surface area contributed by atoms with E-state index < -0.39 is 0 Å². The van der Waals surface area contributed by atoms with Crippen LogP contribution in [0.25, 0.3) is 27.1 Å². The van der Waals surface area contributed by atoms with Gasteiger partial charge in [-0.15, -0.1) is 63.5 Å². The fourth-order valence-corrected chi connectivity index (χ4v) is 6.57. The Morgan fingerprint density at radius 2 is 1.02 bits per heavy atom. The average Bonchev–Trinajstić information content (AvgIpc) is 3.75. The molecule has 46 heavy (non-hydrogen) atoms. The van der Waals surface area contributed by atoms with Gasteiger partial charge in [-0.05, 0) is 19.8 Å². The summed E-state index contributed by atoms with van der Waals surface area (Å²) in [5.41, 5.74) is 9.05. The third-order valence-corrected chi connectivity index (χ3v) is 9.57. The first-order chi connectivity index (χ1) is 22.5. The average molecular weight is 668 g/mol. The van der Waals surface area contributed by atoms with Crippen LogP contribution in [0.5, 0.6) is 0 Å². The number of aryl methyl sites for hydroxylation is 2. The maximum absolute atomic E-state index is 3.53. The molecule has 1 aliphatic carbocycles. The molecule has 0 amide bonds. The summed E-state index contributed by atoms with van der Waals surface area (Å²) in [7, 11) is 0. The molecule has 0 aliphatic heterocycles. The van der Waals surface area contributed by atoms with E-state index in [0.717, 1.165) is 0 Å². The number of benzene rings is 6. The van der Waals surface area contributed by atoms with Crippen molar-refractivity contribution in [3.8, 4) is 0 Å². The van der Waals surface area contributed by atoms with Gasteiger partial charge in [0.25, 0.3) is 0 Å². The second-order valence-electron chi connectivity index (χ2n) is 11.6. The molecule has 7 aromatic rings. The normalized spacial score (nSPS) is 13.4. The van der Waals surface area contributed by atoms with E-state index in [0.29, 0.717) is 5.92 Å². The third kappa shape index (κ3) is 7.79. The van der Waals surface area contributed by atoms with Crippen molar-refractivity contribution in [2.75, 3.05) is 0 Å². The first-order valence-electron chi connectivity index (χ1n) is 15.7. The van der Waals surface area contributed by atoms with Gasteiger partial charge in [-0.1, -0.05) is 89.5 Å². The van der Waals surface area contributed by atoms with Gasteiger partial charge in [-0.25, -0.2) is 0 Å². The molecular formula is C45H36Zr. The number of allylic oxidation sites excluding steroid dienone is 4. The molecule has 220 valence electrons. The van der Waals surface area contributed by atoms with Gasteiger partial charge < -0.3 is 0 Å². The van der Waals surface area contributed by atoms with Crippen LogP contribution in [0.3, 0.4) is 0 Å². The summed E-state index contributed by atoms with van der Waals surface area (Å²) in [5.74, 6) is 0.298. The Hall–Kier alpha value is -4.58. The van der Waals surface area contributed by atoms with Gasteiger partial charge in [0.05, 0.1) is 0 Å². The number of hydrogen-bond donors (Lipinski definition) is 0. The summed E-state index contributed by atoms with van der Waals surface area (Å²) in [4.78, 5) is 0. The van der Waals surface area contributed by atoms with E-state index in [9.17, 15) is 0 Å². The number of rotatable bonds is 4. The Kier molecular flexibility index (Phi) is 10.3. The molecule has 7 aromatic carbocycles. The Morgan fingerprint density at radius 1 is 0.565 bits per heavy atom. The molecule has 8 rings (SSSR count). The van der Waals surface area contributed by atoms with Crippen LogP contribution in [-0.4, -0.2) is 3.21 Å². The van der Waals surface area contributed by atoms with Crippen LogP contribution >= 0.6 is 0 Å². The SMILES string of the molecule is Cc1ccc2c(c1)[cH-]c1cc(C)ccc12.[C-]1=C(c2ccccc2)C=CC1c1ccccc1.[Zr+2]=[C](c1ccccc1)c1ccccc1. The molecule has 1 atom stereocenters. The summed E-state index contributed by atoms with van der Waals surface area (Å²) in [6, 6.07) is 57.6. The molecule has 0 spiro atoms. The van der Waals surface area contributed by atoms with Crippen molar-refractivity contribution in [3.63, 3.8) is 0 Å². The van der Waals surface area contributed by atoms with Gasteiger partial charge in [0.1, 0.15) is 0 Å². The van der Waals surface area contributed by atoms with Crippen LogP contribution in [0.2, 0.25) is 0 Å². The standard InChI is InChI=1S/C17H13.C15H13.C13H10.Zr/c1-3-7-14(8-4-1)16-11-12-17(13-16)15-9-5-2-6-10-15;1-10-3-5-14-12(7-10)9-13-8-11(2)4-6-15(13)14;1-3-7-12(8-4-1)11-13-9-5-2-6-10-13;/h1-12,16H;3-9H,1-2H3;1-10H;/q2*-1;;+2.